The zero-order valence-corrected chi connectivity index (χ0v) is 11.0. The van der Waals surface area contributed by atoms with Gasteiger partial charge in [-0.05, 0) is 45.9 Å². The van der Waals surface area contributed by atoms with Crippen LogP contribution < -0.4 is 5.32 Å². The smallest absolute Gasteiger partial charge is 0.412 e. The zero-order chi connectivity index (χ0) is 13.9. The fraction of sp³-hybridized carbons (Fsp3) is 0.462. The average molecular weight is 253 g/mol. The van der Waals surface area contributed by atoms with Crippen LogP contribution in [0.15, 0.2) is 18.2 Å². The Labute approximate surface area is 106 Å². The number of carbonyl (C=O) groups is 1. The maximum atomic E-state index is 11.6. The van der Waals surface area contributed by atoms with Crippen molar-refractivity contribution in [3.05, 3.63) is 23.8 Å². The molecular weight excluding hydrogens is 234 g/mol. The molecule has 18 heavy (non-hydrogen) atoms. The van der Waals surface area contributed by atoms with Gasteiger partial charge in [0.25, 0.3) is 0 Å². The zero-order valence-electron chi connectivity index (χ0n) is 11.0. The van der Waals surface area contributed by atoms with Gasteiger partial charge in [-0.2, -0.15) is 0 Å². The predicted molar refractivity (Wildman–Crippen MR) is 68.6 cm³/mol. The Kier molecular flexibility index (Phi) is 4.19. The van der Waals surface area contributed by atoms with Crippen LogP contribution in [0, 0.1) is 0 Å². The monoisotopic (exact) mass is 253 g/mol. The van der Waals surface area contributed by atoms with E-state index in [0.717, 1.165) is 0 Å². The van der Waals surface area contributed by atoms with Crippen molar-refractivity contribution in [3.63, 3.8) is 0 Å². The van der Waals surface area contributed by atoms with E-state index in [2.05, 4.69) is 5.32 Å². The molecule has 0 aromatic heterocycles. The third-order valence-corrected chi connectivity index (χ3v) is 2.12. The summed E-state index contributed by atoms with van der Waals surface area (Å²) in [4.78, 5) is 11.6. The van der Waals surface area contributed by atoms with Crippen LogP contribution in [-0.2, 0) is 4.74 Å². The Hall–Kier alpha value is -1.75. The lowest BCUT2D eigenvalue weighted by Crippen LogP contribution is -2.27. The van der Waals surface area contributed by atoms with Crippen LogP contribution in [0.2, 0.25) is 0 Å². The summed E-state index contributed by atoms with van der Waals surface area (Å²) in [6, 6.07) is 4.34. The third kappa shape index (κ3) is 4.25. The van der Waals surface area contributed by atoms with Crippen LogP contribution in [-0.4, -0.2) is 21.9 Å². The second kappa shape index (κ2) is 5.27. The molecule has 0 saturated heterocycles. The lowest BCUT2D eigenvalue weighted by atomic mass is 10.1. The van der Waals surface area contributed by atoms with E-state index < -0.39 is 17.8 Å². The van der Waals surface area contributed by atoms with E-state index in [9.17, 15) is 15.0 Å². The maximum Gasteiger partial charge on any atom is 0.412 e. The molecular formula is C13H19NO4. The van der Waals surface area contributed by atoms with Crippen molar-refractivity contribution in [2.75, 3.05) is 5.32 Å². The summed E-state index contributed by atoms with van der Waals surface area (Å²) < 4.78 is 5.11. The van der Waals surface area contributed by atoms with E-state index in [0.29, 0.717) is 11.3 Å². The lowest BCUT2D eigenvalue weighted by molar-refractivity contribution is 0.0635. The summed E-state index contributed by atoms with van der Waals surface area (Å²) >= 11 is 0. The molecule has 0 spiro atoms. The van der Waals surface area contributed by atoms with E-state index in [1.807, 2.05) is 0 Å². The Bertz CT molecular complexity index is 435. The molecule has 1 atom stereocenters. The minimum absolute atomic E-state index is 0.0284. The molecule has 0 heterocycles. The molecule has 0 radical (unpaired) electrons. The molecule has 0 aliphatic heterocycles. The first-order valence-electron chi connectivity index (χ1n) is 5.70. The number of carbonyl (C=O) groups excluding carboxylic acids is 1. The van der Waals surface area contributed by atoms with E-state index in [4.69, 9.17) is 4.74 Å². The van der Waals surface area contributed by atoms with Crippen molar-refractivity contribution >= 4 is 11.8 Å². The number of anilines is 1. The summed E-state index contributed by atoms with van der Waals surface area (Å²) in [6.07, 6.45) is -1.41. The molecule has 0 fully saturated rings. The molecule has 0 aliphatic carbocycles. The molecule has 1 amide bonds. The summed E-state index contributed by atoms with van der Waals surface area (Å²) in [5, 5.41) is 21.5. The van der Waals surface area contributed by atoms with Gasteiger partial charge in [0.05, 0.1) is 11.8 Å². The van der Waals surface area contributed by atoms with Crippen molar-refractivity contribution < 1.29 is 19.7 Å². The minimum atomic E-state index is -0.804. The van der Waals surface area contributed by atoms with Crippen LogP contribution in [0.5, 0.6) is 5.75 Å². The largest absolute Gasteiger partial charge is 0.508 e. The molecule has 3 N–H and O–H groups in total. The van der Waals surface area contributed by atoms with Crippen LogP contribution in [0.3, 0.4) is 0 Å². The van der Waals surface area contributed by atoms with Gasteiger partial charge >= 0.3 is 6.09 Å². The van der Waals surface area contributed by atoms with E-state index >= 15 is 0 Å². The van der Waals surface area contributed by atoms with Gasteiger partial charge in [-0.3, -0.25) is 5.32 Å². The molecule has 5 heteroatoms. The summed E-state index contributed by atoms with van der Waals surface area (Å²) in [6.45, 7) is 6.84. The van der Waals surface area contributed by atoms with Crippen LogP contribution in [0.4, 0.5) is 10.5 Å². The quantitative estimate of drug-likeness (QED) is 0.708. The third-order valence-electron chi connectivity index (χ3n) is 2.12. The van der Waals surface area contributed by atoms with Gasteiger partial charge in [-0.15, -0.1) is 0 Å². The number of aromatic hydroxyl groups is 1. The molecule has 100 valence electrons. The van der Waals surface area contributed by atoms with Crippen molar-refractivity contribution in [2.24, 2.45) is 0 Å². The van der Waals surface area contributed by atoms with Gasteiger partial charge < -0.3 is 14.9 Å². The summed E-state index contributed by atoms with van der Waals surface area (Å²) in [7, 11) is 0. The highest BCUT2D eigenvalue weighted by Gasteiger charge is 2.18. The number of phenolic OH excluding ortho intramolecular Hbond substituents is 1. The standard InChI is InChI=1S/C13H19NO4/c1-8(15)10-7-9(16)5-6-11(10)14-12(17)18-13(2,3)4/h5-8,15-16H,1-4H3,(H,14,17)/t8-/m0/s1. The van der Waals surface area contributed by atoms with Crippen molar-refractivity contribution in [1.29, 1.82) is 0 Å². The van der Waals surface area contributed by atoms with E-state index in [1.165, 1.54) is 18.2 Å². The molecule has 1 aromatic carbocycles. The van der Waals surface area contributed by atoms with E-state index in [1.54, 1.807) is 27.7 Å². The number of benzene rings is 1. The highest BCUT2D eigenvalue weighted by atomic mass is 16.6. The normalized spacial score (nSPS) is 12.9. The van der Waals surface area contributed by atoms with Gasteiger partial charge in [-0.25, -0.2) is 4.79 Å². The highest BCUT2D eigenvalue weighted by molar-refractivity contribution is 5.86. The van der Waals surface area contributed by atoms with E-state index in [-0.39, 0.29) is 5.75 Å². The fourth-order valence-electron chi connectivity index (χ4n) is 1.42. The molecule has 0 saturated carbocycles. The SMILES string of the molecule is C[C@H](O)c1cc(O)ccc1NC(=O)OC(C)(C)C. The van der Waals surface area contributed by atoms with Gasteiger partial charge in [0.15, 0.2) is 0 Å². The Morgan fingerprint density at radius 3 is 2.50 bits per heavy atom. The number of nitrogens with one attached hydrogen (secondary N) is 1. The lowest BCUT2D eigenvalue weighted by Gasteiger charge is -2.21. The molecule has 1 rings (SSSR count). The number of hydrogen-bond donors (Lipinski definition) is 3. The minimum Gasteiger partial charge on any atom is -0.508 e. The molecule has 0 aliphatic rings. The molecule has 0 bridgehead atoms. The Morgan fingerprint density at radius 2 is 2.00 bits per heavy atom. The molecule has 0 unspecified atom stereocenters. The van der Waals surface area contributed by atoms with Crippen molar-refractivity contribution in [1.82, 2.24) is 0 Å². The Balaban J connectivity index is 2.88. The molecule has 5 nitrogen and oxygen atoms in total. The van der Waals surface area contributed by atoms with Crippen molar-refractivity contribution in [3.8, 4) is 5.75 Å². The average Bonchev–Trinajstić information content (AvgIpc) is 2.17. The second-order valence-corrected chi connectivity index (χ2v) is 5.07. The molecule has 1 aromatic rings. The summed E-state index contributed by atoms with van der Waals surface area (Å²) in [5.74, 6) is 0.0284. The number of rotatable bonds is 2. The van der Waals surface area contributed by atoms with Gasteiger partial charge in [0.2, 0.25) is 0 Å². The number of ether oxygens (including phenoxy) is 1. The number of aliphatic hydroxyl groups is 1. The van der Waals surface area contributed by atoms with Crippen molar-refractivity contribution in [2.45, 2.75) is 39.4 Å². The topological polar surface area (TPSA) is 78.8 Å². The number of hydrogen-bond acceptors (Lipinski definition) is 4. The van der Waals surface area contributed by atoms with Crippen LogP contribution in [0.25, 0.3) is 0 Å². The van der Waals surface area contributed by atoms with Gasteiger partial charge in [-0.1, -0.05) is 0 Å². The van der Waals surface area contributed by atoms with Crippen LogP contribution >= 0.6 is 0 Å². The van der Waals surface area contributed by atoms with Gasteiger partial charge in [0.1, 0.15) is 11.4 Å². The predicted octanol–water partition coefficient (Wildman–Crippen LogP) is 2.79. The summed E-state index contributed by atoms with van der Waals surface area (Å²) in [5.41, 5.74) is 0.254. The number of phenols is 1. The first kappa shape index (κ1) is 14.3. The second-order valence-electron chi connectivity index (χ2n) is 5.07. The highest BCUT2D eigenvalue weighted by Crippen LogP contribution is 2.27. The van der Waals surface area contributed by atoms with Crippen LogP contribution in [0.1, 0.15) is 39.4 Å². The fourth-order valence-corrected chi connectivity index (χ4v) is 1.42. The first-order valence-corrected chi connectivity index (χ1v) is 5.70. The van der Waals surface area contributed by atoms with Gasteiger partial charge in [0, 0.05) is 5.56 Å². The first-order chi connectivity index (χ1) is 8.19. The maximum absolute atomic E-state index is 11.6. The number of aliphatic hydroxyl groups excluding tert-OH is 1. The Morgan fingerprint density at radius 1 is 1.39 bits per heavy atom. The number of amides is 1.